The van der Waals surface area contributed by atoms with E-state index in [1.165, 1.54) is 167 Å². The summed E-state index contributed by atoms with van der Waals surface area (Å²) in [5.74, 6) is -0.872. The molecule has 0 N–H and O–H groups in total. The number of carbonyl (C=O) groups excluding carboxylic acids is 3. The SMILES string of the molecule is CCCCC/C=C\C/C=C\C/C=C\CCCCCCCCC(=O)OCC(COC(=O)CCCCCCCCCCCCC)OC(=O)CCCCCCCCCCCCCCCC. The van der Waals surface area contributed by atoms with Crippen molar-refractivity contribution >= 4 is 17.9 Å². The number of rotatable bonds is 49. The Labute approximate surface area is 385 Å². The highest BCUT2D eigenvalue weighted by Gasteiger charge is 2.19. The van der Waals surface area contributed by atoms with Crippen molar-refractivity contribution in [2.75, 3.05) is 13.2 Å². The van der Waals surface area contributed by atoms with E-state index in [4.69, 9.17) is 14.2 Å². The molecule has 0 spiro atoms. The molecule has 0 rings (SSSR count). The van der Waals surface area contributed by atoms with E-state index in [1.54, 1.807) is 0 Å². The van der Waals surface area contributed by atoms with Gasteiger partial charge in [-0.3, -0.25) is 14.4 Å². The molecule has 362 valence electrons. The lowest BCUT2D eigenvalue weighted by Crippen LogP contribution is -2.30. The molecule has 62 heavy (non-hydrogen) atoms. The van der Waals surface area contributed by atoms with Crippen molar-refractivity contribution in [3.63, 3.8) is 0 Å². The Morgan fingerprint density at radius 2 is 0.581 bits per heavy atom. The Kier molecular flexibility index (Phi) is 49.3. The molecule has 0 aliphatic heterocycles. The highest BCUT2D eigenvalue weighted by atomic mass is 16.6. The van der Waals surface area contributed by atoms with Crippen LogP contribution in [0, 0.1) is 0 Å². The maximum atomic E-state index is 12.8. The molecule has 0 fully saturated rings. The molecular weight excluding hydrogens is 769 g/mol. The number of hydrogen-bond acceptors (Lipinski definition) is 6. The zero-order chi connectivity index (χ0) is 45.1. The lowest BCUT2D eigenvalue weighted by atomic mass is 10.0. The van der Waals surface area contributed by atoms with E-state index in [0.717, 1.165) is 77.0 Å². The second-order valence-corrected chi connectivity index (χ2v) is 18.2. The first-order chi connectivity index (χ1) is 30.5. The second kappa shape index (κ2) is 51.3. The first-order valence-corrected chi connectivity index (χ1v) is 27.0. The van der Waals surface area contributed by atoms with Crippen LogP contribution in [0.5, 0.6) is 0 Å². The Morgan fingerprint density at radius 1 is 0.323 bits per heavy atom. The van der Waals surface area contributed by atoms with E-state index >= 15 is 0 Å². The van der Waals surface area contributed by atoms with Crippen molar-refractivity contribution < 1.29 is 28.6 Å². The van der Waals surface area contributed by atoms with Crippen molar-refractivity contribution in [2.24, 2.45) is 0 Å². The van der Waals surface area contributed by atoms with Crippen LogP contribution in [0.4, 0.5) is 0 Å². The van der Waals surface area contributed by atoms with Crippen molar-refractivity contribution in [3.8, 4) is 0 Å². The number of carbonyl (C=O) groups is 3. The smallest absolute Gasteiger partial charge is 0.306 e. The first kappa shape index (κ1) is 59.6. The molecule has 6 nitrogen and oxygen atoms in total. The third kappa shape index (κ3) is 48.7. The highest BCUT2D eigenvalue weighted by Crippen LogP contribution is 2.16. The second-order valence-electron chi connectivity index (χ2n) is 18.2. The predicted molar refractivity (Wildman–Crippen MR) is 266 cm³/mol. The molecule has 0 aromatic heterocycles. The van der Waals surface area contributed by atoms with Crippen LogP contribution in [-0.2, 0) is 28.6 Å². The molecular formula is C56H102O6. The van der Waals surface area contributed by atoms with Gasteiger partial charge in [-0.15, -0.1) is 0 Å². The Hall–Kier alpha value is -2.37. The fraction of sp³-hybridized carbons (Fsp3) is 0.839. The number of unbranched alkanes of at least 4 members (excludes halogenated alkanes) is 32. The van der Waals surface area contributed by atoms with Crippen molar-refractivity contribution in [1.82, 2.24) is 0 Å². The van der Waals surface area contributed by atoms with Crippen LogP contribution in [0.3, 0.4) is 0 Å². The van der Waals surface area contributed by atoms with E-state index in [0.29, 0.717) is 19.3 Å². The summed E-state index contributed by atoms with van der Waals surface area (Å²) in [6.07, 6.45) is 59.8. The minimum absolute atomic E-state index is 0.0721. The molecule has 0 radical (unpaired) electrons. The molecule has 0 aliphatic carbocycles. The summed E-state index contributed by atoms with van der Waals surface area (Å²) in [4.78, 5) is 38.0. The number of hydrogen-bond donors (Lipinski definition) is 0. The van der Waals surface area contributed by atoms with Gasteiger partial charge in [0.15, 0.2) is 6.10 Å². The van der Waals surface area contributed by atoms with Gasteiger partial charge in [0.2, 0.25) is 0 Å². The van der Waals surface area contributed by atoms with Crippen LogP contribution in [-0.4, -0.2) is 37.2 Å². The minimum Gasteiger partial charge on any atom is -0.462 e. The number of allylic oxidation sites excluding steroid dienone is 6. The van der Waals surface area contributed by atoms with Crippen molar-refractivity contribution in [2.45, 2.75) is 290 Å². The topological polar surface area (TPSA) is 78.9 Å². The van der Waals surface area contributed by atoms with Crippen molar-refractivity contribution in [3.05, 3.63) is 36.5 Å². The normalized spacial score (nSPS) is 12.2. The molecule has 6 heteroatoms. The molecule has 0 heterocycles. The molecule has 0 aromatic rings. The fourth-order valence-electron chi connectivity index (χ4n) is 7.80. The van der Waals surface area contributed by atoms with Gasteiger partial charge in [-0.1, -0.05) is 243 Å². The van der Waals surface area contributed by atoms with Crippen LogP contribution in [0.25, 0.3) is 0 Å². The van der Waals surface area contributed by atoms with Gasteiger partial charge in [-0.05, 0) is 57.8 Å². The summed E-state index contributed by atoms with van der Waals surface area (Å²) < 4.78 is 16.8. The first-order valence-electron chi connectivity index (χ1n) is 27.0. The minimum atomic E-state index is -0.772. The summed E-state index contributed by atoms with van der Waals surface area (Å²) in [6, 6.07) is 0. The predicted octanol–water partition coefficient (Wildman–Crippen LogP) is 17.7. The van der Waals surface area contributed by atoms with Crippen molar-refractivity contribution in [1.29, 1.82) is 0 Å². The van der Waals surface area contributed by atoms with Gasteiger partial charge in [0.25, 0.3) is 0 Å². The van der Waals surface area contributed by atoms with Crippen LogP contribution in [0.1, 0.15) is 284 Å². The van der Waals surface area contributed by atoms with Gasteiger partial charge in [0.1, 0.15) is 13.2 Å². The lowest BCUT2D eigenvalue weighted by Gasteiger charge is -2.18. The van der Waals surface area contributed by atoms with Gasteiger partial charge in [-0.2, -0.15) is 0 Å². The standard InChI is InChI=1S/C56H102O6/c1-4-7-10-13-16-19-22-24-26-27-28-29-30-32-34-37-40-43-46-49-55(58)61-52-53(51-60-54(57)48-45-42-39-36-33-21-18-15-12-9-6-3)62-56(59)50-47-44-41-38-35-31-25-23-20-17-14-11-8-5-2/h16,19,24,26,28-29,53H,4-15,17-18,20-23,25,27,30-52H2,1-3H3/b19-16-,26-24-,29-28-. The van der Waals surface area contributed by atoms with Crippen LogP contribution >= 0.6 is 0 Å². The summed E-state index contributed by atoms with van der Waals surface area (Å²) in [6.45, 7) is 6.62. The molecule has 1 atom stereocenters. The summed E-state index contributed by atoms with van der Waals surface area (Å²) in [7, 11) is 0. The molecule has 0 saturated heterocycles. The Balaban J connectivity index is 4.33. The van der Waals surface area contributed by atoms with E-state index in [1.807, 2.05) is 0 Å². The Bertz CT molecular complexity index is 1050. The monoisotopic (exact) mass is 871 g/mol. The summed E-state index contributed by atoms with van der Waals surface area (Å²) >= 11 is 0. The molecule has 0 saturated carbocycles. The molecule has 0 aromatic carbocycles. The zero-order valence-electron chi connectivity index (χ0n) is 41.4. The average molecular weight is 871 g/mol. The van der Waals surface area contributed by atoms with Crippen LogP contribution in [0.15, 0.2) is 36.5 Å². The third-order valence-corrected chi connectivity index (χ3v) is 11.9. The van der Waals surface area contributed by atoms with Gasteiger partial charge < -0.3 is 14.2 Å². The van der Waals surface area contributed by atoms with Gasteiger partial charge >= 0.3 is 17.9 Å². The van der Waals surface area contributed by atoms with Gasteiger partial charge in [-0.25, -0.2) is 0 Å². The summed E-state index contributed by atoms with van der Waals surface area (Å²) in [5, 5.41) is 0. The molecule has 1 unspecified atom stereocenters. The highest BCUT2D eigenvalue weighted by molar-refractivity contribution is 5.71. The van der Waals surface area contributed by atoms with Crippen LogP contribution < -0.4 is 0 Å². The zero-order valence-corrected chi connectivity index (χ0v) is 41.4. The largest absolute Gasteiger partial charge is 0.462 e. The average Bonchev–Trinajstić information content (AvgIpc) is 3.27. The molecule has 0 aliphatic rings. The summed E-state index contributed by atoms with van der Waals surface area (Å²) in [5.41, 5.74) is 0. The maximum absolute atomic E-state index is 12.8. The van der Waals surface area contributed by atoms with Gasteiger partial charge in [0, 0.05) is 19.3 Å². The molecule has 0 bridgehead atoms. The number of ether oxygens (including phenoxy) is 3. The van der Waals surface area contributed by atoms with E-state index < -0.39 is 6.10 Å². The quantitative estimate of drug-likeness (QED) is 0.0262. The van der Waals surface area contributed by atoms with E-state index in [2.05, 4.69) is 57.2 Å². The van der Waals surface area contributed by atoms with Crippen LogP contribution in [0.2, 0.25) is 0 Å². The van der Waals surface area contributed by atoms with E-state index in [-0.39, 0.29) is 31.1 Å². The Morgan fingerprint density at radius 3 is 0.935 bits per heavy atom. The molecule has 0 amide bonds. The fourth-order valence-corrected chi connectivity index (χ4v) is 7.80. The number of esters is 3. The van der Waals surface area contributed by atoms with E-state index in [9.17, 15) is 14.4 Å². The maximum Gasteiger partial charge on any atom is 0.306 e. The van der Waals surface area contributed by atoms with Gasteiger partial charge in [0.05, 0.1) is 0 Å². The lowest BCUT2D eigenvalue weighted by molar-refractivity contribution is -0.167. The third-order valence-electron chi connectivity index (χ3n) is 11.9.